The van der Waals surface area contributed by atoms with Crippen molar-refractivity contribution in [3.05, 3.63) is 28.3 Å². The zero-order chi connectivity index (χ0) is 15.0. The molecule has 2 aliphatic rings. The number of nitrogens with two attached hydrogens (primary N) is 1. The highest BCUT2D eigenvalue weighted by atomic mass is 16.6. The predicted molar refractivity (Wildman–Crippen MR) is 83.3 cm³/mol. The zero-order valence-corrected chi connectivity index (χ0v) is 12.3. The standard InChI is InChI=1S/C15H22N4O2/c1-18-11-3-2-4-12(18)8-10(7-11)17-15-6-5-13(19(20)21)9-14(15)16/h5-6,9-12,17H,2-4,7-8,16H2,1H3. The van der Waals surface area contributed by atoms with Gasteiger partial charge in [0, 0.05) is 30.3 Å². The molecule has 1 aromatic rings. The number of nitrogens with zero attached hydrogens (tertiary/aromatic N) is 2. The second kappa shape index (κ2) is 5.52. The van der Waals surface area contributed by atoms with Gasteiger partial charge in [0.2, 0.25) is 0 Å². The van der Waals surface area contributed by atoms with Gasteiger partial charge in [-0.3, -0.25) is 10.1 Å². The summed E-state index contributed by atoms with van der Waals surface area (Å²) in [6, 6.07) is 6.36. The first-order valence-corrected chi connectivity index (χ1v) is 7.57. The second-order valence-electron chi connectivity index (χ2n) is 6.25. The van der Waals surface area contributed by atoms with Gasteiger partial charge < -0.3 is 16.0 Å². The van der Waals surface area contributed by atoms with Crippen molar-refractivity contribution in [1.82, 2.24) is 4.90 Å². The van der Waals surface area contributed by atoms with Crippen molar-refractivity contribution in [1.29, 1.82) is 0 Å². The Labute approximate surface area is 124 Å². The molecule has 0 aliphatic carbocycles. The van der Waals surface area contributed by atoms with Gasteiger partial charge in [-0.2, -0.15) is 0 Å². The molecule has 2 fully saturated rings. The molecular weight excluding hydrogens is 268 g/mol. The van der Waals surface area contributed by atoms with E-state index in [1.165, 1.54) is 31.4 Å². The fourth-order valence-corrected chi connectivity index (χ4v) is 3.75. The third kappa shape index (κ3) is 2.81. The maximum atomic E-state index is 10.7. The predicted octanol–water partition coefficient (Wildman–Crippen LogP) is 2.60. The summed E-state index contributed by atoms with van der Waals surface area (Å²) in [4.78, 5) is 12.8. The summed E-state index contributed by atoms with van der Waals surface area (Å²) < 4.78 is 0. The van der Waals surface area contributed by atoms with Crippen molar-refractivity contribution >= 4 is 17.1 Å². The molecular formula is C15H22N4O2. The highest BCUT2D eigenvalue weighted by molar-refractivity contribution is 5.69. The molecule has 3 rings (SSSR count). The van der Waals surface area contributed by atoms with Gasteiger partial charge in [0.1, 0.15) is 0 Å². The van der Waals surface area contributed by atoms with E-state index in [0.29, 0.717) is 23.8 Å². The number of nitro benzene ring substituents is 1. The highest BCUT2D eigenvalue weighted by Crippen LogP contribution is 2.35. The number of anilines is 2. The van der Waals surface area contributed by atoms with Gasteiger partial charge in [0.15, 0.2) is 0 Å². The first kappa shape index (κ1) is 14.1. The van der Waals surface area contributed by atoms with Crippen LogP contribution >= 0.6 is 0 Å². The van der Waals surface area contributed by atoms with E-state index in [1.807, 2.05) is 0 Å². The molecule has 0 aromatic heterocycles. The number of hydrogen-bond donors (Lipinski definition) is 2. The minimum Gasteiger partial charge on any atom is -0.397 e. The van der Waals surface area contributed by atoms with Crippen molar-refractivity contribution in [3.63, 3.8) is 0 Å². The highest BCUT2D eigenvalue weighted by Gasteiger charge is 2.35. The van der Waals surface area contributed by atoms with Gasteiger partial charge in [0.05, 0.1) is 16.3 Å². The third-order valence-electron chi connectivity index (χ3n) is 4.95. The number of nitro groups is 1. The Morgan fingerprint density at radius 3 is 2.57 bits per heavy atom. The Balaban J connectivity index is 1.71. The number of nitrogens with one attached hydrogen (secondary N) is 1. The summed E-state index contributed by atoms with van der Waals surface area (Å²) in [7, 11) is 2.23. The molecule has 114 valence electrons. The lowest BCUT2D eigenvalue weighted by molar-refractivity contribution is -0.384. The number of non-ortho nitro benzene ring substituents is 1. The summed E-state index contributed by atoms with van der Waals surface area (Å²) in [6.07, 6.45) is 6.08. The average Bonchev–Trinajstić information content (AvgIpc) is 2.42. The van der Waals surface area contributed by atoms with E-state index in [1.54, 1.807) is 6.07 Å². The largest absolute Gasteiger partial charge is 0.397 e. The molecule has 0 radical (unpaired) electrons. The normalized spacial score (nSPS) is 29.1. The van der Waals surface area contributed by atoms with Crippen LogP contribution in [0, 0.1) is 10.1 Å². The Bertz CT molecular complexity index is 534. The van der Waals surface area contributed by atoms with Crippen molar-refractivity contribution in [2.75, 3.05) is 18.1 Å². The van der Waals surface area contributed by atoms with Crippen LogP contribution in [0.4, 0.5) is 17.1 Å². The van der Waals surface area contributed by atoms with Crippen molar-refractivity contribution < 1.29 is 4.92 Å². The topological polar surface area (TPSA) is 84.4 Å². The minimum atomic E-state index is -0.417. The number of hydrogen-bond acceptors (Lipinski definition) is 5. The molecule has 0 saturated carbocycles. The number of fused-ring (bicyclic) bond motifs is 2. The summed E-state index contributed by atoms with van der Waals surface area (Å²) in [5.41, 5.74) is 7.25. The first-order chi connectivity index (χ1) is 10.0. The number of rotatable bonds is 3. The lowest BCUT2D eigenvalue weighted by atomic mass is 9.82. The van der Waals surface area contributed by atoms with Gasteiger partial charge >= 0.3 is 0 Å². The van der Waals surface area contributed by atoms with Gasteiger partial charge in [0.25, 0.3) is 5.69 Å². The first-order valence-electron chi connectivity index (χ1n) is 7.57. The van der Waals surface area contributed by atoms with E-state index in [4.69, 9.17) is 5.73 Å². The van der Waals surface area contributed by atoms with Crippen molar-refractivity contribution in [2.24, 2.45) is 0 Å². The average molecular weight is 290 g/mol. The van der Waals surface area contributed by atoms with Crippen LogP contribution < -0.4 is 11.1 Å². The van der Waals surface area contributed by atoms with E-state index in [2.05, 4.69) is 17.3 Å². The van der Waals surface area contributed by atoms with Crippen LogP contribution in [0.1, 0.15) is 32.1 Å². The molecule has 6 heteroatoms. The fraction of sp³-hybridized carbons (Fsp3) is 0.600. The Hall–Kier alpha value is -1.82. The van der Waals surface area contributed by atoms with E-state index in [-0.39, 0.29) is 5.69 Å². The van der Waals surface area contributed by atoms with Crippen LogP contribution in [0.15, 0.2) is 18.2 Å². The monoisotopic (exact) mass is 290 g/mol. The summed E-state index contributed by atoms with van der Waals surface area (Å²) in [5.74, 6) is 0. The molecule has 3 N–H and O–H groups in total. The molecule has 1 aromatic carbocycles. The molecule has 0 amide bonds. The quantitative estimate of drug-likeness (QED) is 0.508. The van der Waals surface area contributed by atoms with Gasteiger partial charge in [-0.15, -0.1) is 0 Å². The molecule has 21 heavy (non-hydrogen) atoms. The smallest absolute Gasteiger partial charge is 0.271 e. The second-order valence-corrected chi connectivity index (χ2v) is 6.25. The van der Waals surface area contributed by atoms with Crippen molar-refractivity contribution in [2.45, 2.75) is 50.2 Å². The number of benzene rings is 1. The van der Waals surface area contributed by atoms with Crippen LogP contribution in [-0.2, 0) is 0 Å². The Morgan fingerprint density at radius 2 is 2.00 bits per heavy atom. The van der Waals surface area contributed by atoms with Gasteiger partial charge in [-0.05, 0) is 38.8 Å². The molecule has 0 spiro atoms. The molecule has 2 unspecified atom stereocenters. The maximum Gasteiger partial charge on any atom is 0.271 e. The van der Waals surface area contributed by atoms with Crippen LogP contribution in [-0.4, -0.2) is 35.0 Å². The summed E-state index contributed by atoms with van der Waals surface area (Å²) in [5, 5.41) is 14.2. The minimum absolute atomic E-state index is 0.0401. The lowest BCUT2D eigenvalue weighted by Crippen LogP contribution is -2.52. The van der Waals surface area contributed by atoms with Crippen LogP contribution in [0.2, 0.25) is 0 Å². The molecule has 2 atom stereocenters. The summed E-state index contributed by atoms with van der Waals surface area (Å²) >= 11 is 0. The zero-order valence-electron chi connectivity index (χ0n) is 12.3. The van der Waals surface area contributed by atoms with E-state index in [9.17, 15) is 10.1 Å². The number of nitrogen functional groups attached to an aromatic ring is 1. The van der Waals surface area contributed by atoms with Gasteiger partial charge in [-0.25, -0.2) is 0 Å². The maximum absolute atomic E-state index is 10.7. The Morgan fingerprint density at radius 1 is 1.33 bits per heavy atom. The van der Waals surface area contributed by atoms with Crippen molar-refractivity contribution in [3.8, 4) is 0 Å². The molecule has 2 heterocycles. The van der Waals surface area contributed by atoms with E-state index in [0.717, 1.165) is 18.5 Å². The fourth-order valence-electron chi connectivity index (χ4n) is 3.75. The van der Waals surface area contributed by atoms with Gasteiger partial charge in [-0.1, -0.05) is 6.42 Å². The molecule has 2 saturated heterocycles. The SMILES string of the molecule is CN1C2CCCC1CC(Nc1ccc([N+](=O)[O-])cc1N)C2. The number of piperidine rings is 2. The summed E-state index contributed by atoms with van der Waals surface area (Å²) in [6.45, 7) is 0. The molecule has 2 aliphatic heterocycles. The van der Waals surface area contributed by atoms with E-state index >= 15 is 0 Å². The molecule has 6 nitrogen and oxygen atoms in total. The Kier molecular flexibility index (Phi) is 3.71. The van der Waals surface area contributed by atoms with E-state index < -0.39 is 4.92 Å². The van der Waals surface area contributed by atoms with Crippen LogP contribution in [0.25, 0.3) is 0 Å². The lowest BCUT2D eigenvalue weighted by Gasteiger charge is -2.47. The van der Waals surface area contributed by atoms with Crippen LogP contribution in [0.3, 0.4) is 0 Å². The third-order valence-corrected chi connectivity index (χ3v) is 4.95. The van der Waals surface area contributed by atoms with Crippen LogP contribution in [0.5, 0.6) is 0 Å². The molecule has 2 bridgehead atoms.